The number of fused-ring (bicyclic) bond motifs is 1. The van der Waals surface area contributed by atoms with Crippen LogP contribution < -0.4 is 10.6 Å². The predicted molar refractivity (Wildman–Crippen MR) is 113 cm³/mol. The molecule has 3 heterocycles. The first-order chi connectivity index (χ1) is 13.3. The van der Waals surface area contributed by atoms with E-state index < -0.39 is 9.73 Å². The molecule has 9 heteroatoms. The van der Waals surface area contributed by atoms with E-state index in [0.29, 0.717) is 30.8 Å². The lowest BCUT2D eigenvalue weighted by molar-refractivity contribution is 0.0989. The Balaban J connectivity index is 1.93. The Bertz CT molecular complexity index is 1140. The summed E-state index contributed by atoms with van der Waals surface area (Å²) in [5.74, 6) is 1.36. The molecule has 1 atom stereocenters. The molecule has 1 fully saturated rings. The Morgan fingerprint density at radius 2 is 2.04 bits per heavy atom. The van der Waals surface area contributed by atoms with Crippen LogP contribution in [-0.4, -0.2) is 57.1 Å². The summed E-state index contributed by atoms with van der Waals surface area (Å²) in [6.07, 6.45) is 3.19. The Morgan fingerprint density at radius 3 is 2.79 bits per heavy atom. The molecule has 148 valence electrons. The van der Waals surface area contributed by atoms with Crippen LogP contribution >= 0.6 is 0 Å². The molecule has 28 heavy (non-hydrogen) atoms. The smallest absolute Gasteiger partial charge is 0.207 e. The summed E-state index contributed by atoms with van der Waals surface area (Å²) in [4.78, 5) is 11.3. The normalized spacial score (nSPS) is 17.8. The summed E-state index contributed by atoms with van der Waals surface area (Å²) in [5, 5.41) is 0. The zero-order valence-electron chi connectivity index (χ0n) is 16.2. The molecule has 2 N–H and O–H groups in total. The molecule has 4 rings (SSSR count). The standard InChI is InChI=1S/C19H24N6O2S/c1-13-12-27-9-8-24(13)14-10-17(23-28(2,3)26)22-18(11-14)25-16-7-5-4-6-15(16)21-19(25)20/h4-7,10-11,13H,8-9,12H2,1-3H3,(H2,20,21)/t13-/m1/s1. The lowest BCUT2D eigenvalue weighted by Crippen LogP contribution is -2.43. The highest BCUT2D eigenvalue weighted by Crippen LogP contribution is 2.30. The molecule has 2 aromatic heterocycles. The Morgan fingerprint density at radius 1 is 1.25 bits per heavy atom. The van der Waals surface area contributed by atoms with E-state index in [-0.39, 0.29) is 6.04 Å². The van der Waals surface area contributed by atoms with Gasteiger partial charge in [-0.05, 0) is 19.1 Å². The maximum atomic E-state index is 12.3. The average molecular weight is 401 g/mol. The van der Waals surface area contributed by atoms with Gasteiger partial charge in [0.1, 0.15) is 5.82 Å². The summed E-state index contributed by atoms with van der Waals surface area (Å²) in [7, 11) is -2.36. The molecule has 0 saturated carbocycles. The van der Waals surface area contributed by atoms with E-state index in [0.717, 1.165) is 23.3 Å². The maximum absolute atomic E-state index is 12.3. The van der Waals surface area contributed by atoms with Crippen LogP contribution in [0.25, 0.3) is 16.9 Å². The number of rotatable bonds is 3. The fourth-order valence-corrected chi connectivity index (χ4v) is 3.98. The summed E-state index contributed by atoms with van der Waals surface area (Å²) < 4.78 is 24.0. The monoisotopic (exact) mass is 400 g/mol. The second-order valence-electron chi connectivity index (χ2n) is 7.23. The van der Waals surface area contributed by atoms with Crippen LogP contribution in [0.15, 0.2) is 40.8 Å². The molecule has 0 aliphatic carbocycles. The molecular weight excluding hydrogens is 376 g/mol. The summed E-state index contributed by atoms with van der Waals surface area (Å²) in [6.45, 7) is 4.18. The number of morpholine rings is 1. The van der Waals surface area contributed by atoms with Gasteiger partial charge in [0.15, 0.2) is 5.82 Å². The third-order valence-electron chi connectivity index (χ3n) is 4.61. The number of benzene rings is 1. The van der Waals surface area contributed by atoms with Crippen molar-refractivity contribution in [1.29, 1.82) is 0 Å². The second kappa shape index (κ2) is 7.06. The van der Waals surface area contributed by atoms with Gasteiger partial charge in [0.25, 0.3) is 0 Å². The molecule has 0 amide bonds. The fourth-order valence-electron chi connectivity index (χ4n) is 3.44. The molecule has 1 saturated heterocycles. The molecule has 1 aliphatic heterocycles. The van der Waals surface area contributed by atoms with Gasteiger partial charge in [-0.1, -0.05) is 12.1 Å². The summed E-state index contributed by atoms with van der Waals surface area (Å²) in [6, 6.07) is 11.8. The van der Waals surface area contributed by atoms with E-state index in [1.165, 1.54) is 0 Å². The van der Waals surface area contributed by atoms with E-state index >= 15 is 0 Å². The van der Waals surface area contributed by atoms with Gasteiger partial charge >= 0.3 is 0 Å². The molecule has 8 nitrogen and oxygen atoms in total. The minimum atomic E-state index is -2.36. The largest absolute Gasteiger partial charge is 0.377 e. The van der Waals surface area contributed by atoms with Crippen molar-refractivity contribution in [2.45, 2.75) is 13.0 Å². The van der Waals surface area contributed by atoms with Crippen LogP contribution in [0.2, 0.25) is 0 Å². The minimum absolute atomic E-state index is 0.210. The Hall–Kier alpha value is -2.65. The fraction of sp³-hybridized carbons (Fsp3) is 0.368. The number of anilines is 2. The number of para-hydroxylation sites is 2. The number of imidazole rings is 1. The summed E-state index contributed by atoms with van der Waals surface area (Å²) >= 11 is 0. The highest BCUT2D eigenvalue weighted by molar-refractivity contribution is 7.92. The molecule has 1 aliphatic rings. The number of nitrogens with zero attached hydrogens (tertiary/aromatic N) is 5. The predicted octanol–water partition coefficient (Wildman–Crippen LogP) is 2.59. The molecule has 0 spiro atoms. The van der Waals surface area contributed by atoms with E-state index in [2.05, 4.69) is 26.2 Å². The van der Waals surface area contributed by atoms with Gasteiger partial charge in [-0.15, -0.1) is 0 Å². The number of ether oxygens (including phenoxy) is 1. The topological polar surface area (TPSA) is 98.6 Å². The highest BCUT2D eigenvalue weighted by atomic mass is 32.2. The molecular formula is C19H24N6O2S. The molecule has 3 aromatic rings. The van der Waals surface area contributed by atoms with Crippen molar-refractivity contribution < 1.29 is 8.95 Å². The molecule has 0 bridgehead atoms. The Labute approximate surface area is 164 Å². The van der Waals surface area contributed by atoms with Gasteiger partial charge in [0.05, 0.1) is 24.2 Å². The van der Waals surface area contributed by atoms with Gasteiger partial charge in [-0.3, -0.25) is 4.57 Å². The van der Waals surface area contributed by atoms with Gasteiger partial charge in [-0.25, -0.2) is 14.2 Å². The zero-order chi connectivity index (χ0) is 19.9. The SMILES string of the molecule is C[C@@H]1COCCN1c1cc(N=S(C)(C)=O)nc(-n2c(N)nc3ccccc32)c1. The number of nitrogen functional groups attached to an aromatic ring is 1. The van der Waals surface area contributed by atoms with Crippen LogP contribution in [0.3, 0.4) is 0 Å². The van der Waals surface area contributed by atoms with Crippen LogP contribution in [0.4, 0.5) is 17.5 Å². The van der Waals surface area contributed by atoms with Crippen molar-refractivity contribution in [2.24, 2.45) is 4.36 Å². The number of aromatic nitrogens is 3. The van der Waals surface area contributed by atoms with Gasteiger partial charge < -0.3 is 15.4 Å². The van der Waals surface area contributed by atoms with Gasteiger partial charge in [0, 0.05) is 52.6 Å². The van der Waals surface area contributed by atoms with Crippen LogP contribution in [0, 0.1) is 0 Å². The molecule has 0 radical (unpaired) electrons. The van der Waals surface area contributed by atoms with Crippen molar-refractivity contribution in [3.05, 3.63) is 36.4 Å². The number of nitrogens with two attached hydrogens (primary N) is 1. The van der Waals surface area contributed by atoms with Gasteiger partial charge in [0.2, 0.25) is 5.95 Å². The number of hydrogen-bond donors (Lipinski definition) is 1. The van der Waals surface area contributed by atoms with Crippen molar-refractivity contribution in [3.8, 4) is 5.82 Å². The first-order valence-electron chi connectivity index (χ1n) is 9.09. The second-order valence-corrected chi connectivity index (χ2v) is 9.77. The van der Waals surface area contributed by atoms with Crippen molar-refractivity contribution in [3.63, 3.8) is 0 Å². The quantitative estimate of drug-likeness (QED) is 0.726. The number of hydrogen-bond acceptors (Lipinski definition) is 7. The molecule has 1 aromatic carbocycles. The third kappa shape index (κ3) is 3.67. The minimum Gasteiger partial charge on any atom is -0.377 e. The third-order valence-corrected chi connectivity index (χ3v) is 5.24. The van der Waals surface area contributed by atoms with E-state index in [1.54, 1.807) is 17.1 Å². The average Bonchev–Trinajstić information content (AvgIpc) is 2.96. The van der Waals surface area contributed by atoms with E-state index in [1.807, 2.05) is 36.4 Å². The highest BCUT2D eigenvalue weighted by Gasteiger charge is 2.22. The Kier molecular flexibility index (Phi) is 4.72. The lowest BCUT2D eigenvalue weighted by Gasteiger charge is -2.35. The van der Waals surface area contributed by atoms with Crippen molar-refractivity contribution in [2.75, 3.05) is 42.9 Å². The first kappa shape index (κ1) is 18.7. The van der Waals surface area contributed by atoms with Crippen molar-refractivity contribution >= 4 is 38.2 Å². The summed E-state index contributed by atoms with van der Waals surface area (Å²) in [5.41, 5.74) is 8.81. The van der Waals surface area contributed by atoms with Gasteiger partial charge in [-0.2, -0.15) is 4.36 Å². The zero-order valence-corrected chi connectivity index (χ0v) is 17.0. The van der Waals surface area contributed by atoms with E-state index in [9.17, 15) is 4.21 Å². The van der Waals surface area contributed by atoms with Crippen molar-refractivity contribution in [1.82, 2.24) is 14.5 Å². The van der Waals surface area contributed by atoms with Crippen LogP contribution in [-0.2, 0) is 14.5 Å². The molecule has 0 unspecified atom stereocenters. The first-order valence-corrected chi connectivity index (χ1v) is 11.4. The number of pyridine rings is 1. The lowest BCUT2D eigenvalue weighted by atomic mass is 10.2. The maximum Gasteiger partial charge on any atom is 0.207 e. The van der Waals surface area contributed by atoms with Crippen LogP contribution in [0.1, 0.15) is 6.92 Å². The van der Waals surface area contributed by atoms with E-state index in [4.69, 9.17) is 10.5 Å². The van der Waals surface area contributed by atoms with Crippen LogP contribution in [0.5, 0.6) is 0 Å².